The van der Waals surface area contributed by atoms with Crippen molar-refractivity contribution in [2.24, 2.45) is 0 Å². The topological polar surface area (TPSA) is 158 Å². The standard InChI is InChI=1S/C21H15NO8/c23-17-6-4-12(9-15(17)20(25)26)19(11-2-1-3-14(8-11)22(29)30)13-5-7-18(24)16(10-13)21(27)28/h1-10,19,23-24H,(H,25,26)(H,27,28). The van der Waals surface area contributed by atoms with Crippen molar-refractivity contribution in [1.29, 1.82) is 0 Å². The molecule has 9 nitrogen and oxygen atoms in total. The SMILES string of the molecule is O=C(O)c1cc(C(c2cccc([N+](=O)[O-])c2)c2ccc(O)c(C(=O)O)c2)ccc1O. The number of benzene rings is 3. The number of carboxylic acids is 2. The van der Waals surface area contributed by atoms with Gasteiger partial charge < -0.3 is 20.4 Å². The van der Waals surface area contributed by atoms with Crippen molar-refractivity contribution in [2.45, 2.75) is 5.92 Å². The van der Waals surface area contributed by atoms with Crippen molar-refractivity contribution < 1.29 is 34.9 Å². The summed E-state index contributed by atoms with van der Waals surface area (Å²) in [5, 5.41) is 49.5. The summed E-state index contributed by atoms with van der Waals surface area (Å²) < 4.78 is 0. The van der Waals surface area contributed by atoms with Gasteiger partial charge in [-0.05, 0) is 41.0 Å². The molecule has 152 valence electrons. The zero-order valence-electron chi connectivity index (χ0n) is 15.2. The van der Waals surface area contributed by atoms with E-state index in [0.29, 0.717) is 16.7 Å². The molecule has 3 aromatic carbocycles. The zero-order chi connectivity index (χ0) is 22.0. The highest BCUT2D eigenvalue weighted by Crippen LogP contribution is 2.37. The predicted octanol–water partition coefficient (Wildman–Crippen LogP) is 3.58. The van der Waals surface area contributed by atoms with Gasteiger partial charge >= 0.3 is 11.9 Å². The highest BCUT2D eigenvalue weighted by Gasteiger charge is 2.23. The summed E-state index contributed by atoms with van der Waals surface area (Å²) in [6, 6.07) is 13.3. The van der Waals surface area contributed by atoms with Gasteiger partial charge in [-0.3, -0.25) is 10.1 Å². The highest BCUT2D eigenvalue weighted by molar-refractivity contribution is 5.92. The minimum atomic E-state index is -1.37. The number of nitro groups is 1. The smallest absolute Gasteiger partial charge is 0.339 e. The number of nitrogens with zero attached hydrogens (tertiary/aromatic N) is 1. The summed E-state index contributed by atoms with van der Waals surface area (Å²) in [6.07, 6.45) is 0. The van der Waals surface area contributed by atoms with E-state index < -0.39 is 34.3 Å². The Balaban J connectivity index is 2.28. The van der Waals surface area contributed by atoms with E-state index in [9.17, 15) is 40.1 Å². The Bertz CT molecular complexity index is 1110. The number of carbonyl (C=O) groups is 2. The van der Waals surface area contributed by atoms with E-state index >= 15 is 0 Å². The summed E-state index contributed by atoms with van der Waals surface area (Å²) in [5.74, 6) is -4.46. The molecule has 4 N–H and O–H groups in total. The van der Waals surface area contributed by atoms with Gasteiger partial charge in [0.25, 0.3) is 5.69 Å². The first kappa shape index (κ1) is 20.3. The molecule has 0 aliphatic carbocycles. The fourth-order valence-corrected chi connectivity index (χ4v) is 3.20. The van der Waals surface area contributed by atoms with Gasteiger partial charge in [0.15, 0.2) is 0 Å². The molecule has 0 bridgehead atoms. The number of aromatic carboxylic acids is 2. The Morgan fingerprint density at radius 3 is 1.67 bits per heavy atom. The summed E-state index contributed by atoms with van der Waals surface area (Å²) in [7, 11) is 0. The number of nitro benzene ring substituents is 1. The number of carboxylic acid groups (broad SMARTS) is 2. The van der Waals surface area contributed by atoms with Gasteiger partial charge in [-0.25, -0.2) is 9.59 Å². The number of rotatable bonds is 6. The molecule has 3 rings (SSSR count). The van der Waals surface area contributed by atoms with Gasteiger partial charge in [-0.15, -0.1) is 0 Å². The second-order valence-electron chi connectivity index (χ2n) is 6.45. The normalized spacial score (nSPS) is 10.7. The Labute approximate surface area is 169 Å². The summed E-state index contributed by atoms with van der Waals surface area (Å²) >= 11 is 0. The van der Waals surface area contributed by atoms with E-state index in [1.165, 1.54) is 54.6 Å². The molecule has 0 saturated heterocycles. The number of hydrogen-bond acceptors (Lipinski definition) is 6. The van der Waals surface area contributed by atoms with Crippen molar-refractivity contribution in [3.05, 3.63) is 98.6 Å². The molecule has 0 spiro atoms. The lowest BCUT2D eigenvalue weighted by Gasteiger charge is -2.20. The Morgan fingerprint density at radius 1 is 0.767 bits per heavy atom. The Morgan fingerprint density at radius 2 is 1.23 bits per heavy atom. The fraction of sp³-hybridized carbons (Fsp3) is 0.0476. The second kappa shape index (κ2) is 7.92. The molecule has 0 unspecified atom stereocenters. The van der Waals surface area contributed by atoms with Crippen LogP contribution in [-0.2, 0) is 0 Å². The van der Waals surface area contributed by atoms with Gasteiger partial charge in [-0.2, -0.15) is 0 Å². The van der Waals surface area contributed by atoms with Gasteiger partial charge in [-0.1, -0.05) is 24.3 Å². The number of aromatic hydroxyl groups is 2. The third-order valence-corrected chi connectivity index (χ3v) is 4.58. The molecule has 0 heterocycles. The Hall–Kier alpha value is -4.40. The molecule has 9 heteroatoms. The molecule has 3 aromatic rings. The van der Waals surface area contributed by atoms with Gasteiger partial charge in [0.1, 0.15) is 22.6 Å². The van der Waals surface area contributed by atoms with Crippen LogP contribution < -0.4 is 0 Å². The van der Waals surface area contributed by atoms with Crippen LogP contribution in [0, 0.1) is 10.1 Å². The maximum atomic E-state index is 11.4. The van der Waals surface area contributed by atoms with E-state index in [1.54, 1.807) is 6.07 Å². The average Bonchev–Trinajstić information content (AvgIpc) is 2.70. The molecule has 0 aromatic heterocycles. The maximum Gasteiger partial charge on any atom is 0.339 e. The van der Waals surface area contributed by atoms with Crippen LogP contribution in [0.1, 0.15) is 43.3 Å². The predicted molar refractivity (Wildman–Crippen MR) is 104 cm³/mol. The highest BCUT2D eigenvalue weighted by atomic mass is 16.6. The third-order valence-electron chi connectivity index (χ3n) is 4.58. The summed E-state index contributed by atoms with van der Waals surface area (Å²) in [6.45, 7) is 0. The van der Waals surface area contributed by atoms with Crippen molar-refractivity contribution in [2.75, 3.05) is 0 Å². The largest absolute Gasteiger partial charge is 0.507 e. The van der Waals surface area contributed by atoms with Crippen LogP contribution in [0.3, 0.4) is 0 Å². The molecule has 0 aliphatic rings. The van der Waals surface area contributed by atoms with Crippen LogP contribution in [-0.4, -0.2) is 37.3 Å². The third kappa shape index (κ3) is 3.90. The Kier molecular flexibility index (Phi) is 5.37. The minimum Gasteiger partial charge on any atom is -0.507 e. The van der Waals surface area contributed by atoms with E-state index in [4.69, 9.17) is 0 Å². The average molecular weight is 409 g/mol. The molecule has 0 atom stereocenters. The molecule has 30 heavy (non-hydrogen) atoms. The van der Waals surface area contributed by atoms with Crippen molar-refractivity contribution in [3.8, 4) is 11.5 Å². The molecule has 0 saturated carbocycles. The minimum absolute atomic E-state index is 0.202. The molecular weight excluding hydrogens is 394 g/mol. The summed E-state index contributed by atoms with van der Waals surface area (Å²) in [5.41, 5.74) is 0.154. The maximum absolute atomic E-state index is 11.4. The van der Waals surface area contributed by atoms with Crippen LogP contribution in [0.5, 0.6) is 11.5 Å². The lowest BCUT2D eigenvalue weighted by molar-refractivity contribution is -0.384. The van der Waals surface area contributed by atoms with Gasteiger partial charge in [0.05, 0.1) is 4.92 Å². The second-order valence-corrected chi connectivity index (χ2v) is 6.45. The molecule has 0 fully saturated rings. The van der Waals surface area contributed by atoms with E-state index in [2.05, 4.69) is 0 Å². The van der Waals surface area contributed by atoms with E-state index in [-0.39, 0.29) is 16.8 Å². The van der Waals surface area contributed by atoms with Crippen molar-refractivity contribution >= 4 is 17.6 Å². The molecular formula is C21H15NO8. The van der Waals surface area contributed by atoms with Crippen LogP contribution in [0.2, 0.25) is 0 Å². The lowest BCUT2D eigenvalue weighted by atomic mass is 9.83. The van der Waals surface area contributed by atoms with Gasteiger partial charge in [0.2, 0.25) is 0 Å². The van der Waals surface area contributed by atoms with Crippen LogP contribution in [0.4, 0.5) is 5.69 Å². The molecule has 0 amide bonds. The first-order valence-corrected chi connectivity index (χ1v) is 8.55. The van der Waals surface area contributed by atoms with E-state index in [1.807, 2.05) is 0 Å². The number of hydrogen-bond donors (Lipinski definition) is 4. The summed E-state index contributed by atoms with van der Waals surface area (Å²) in [4.78, 5) is 33.5. The fourth-order valence-electron chi connectivity index (χ4n) is 3.20. The number of non-ortho nitro benzene ring substituents is 1. The molecule has 0 radical (unpaired) electrons. The van der Waals surface area contributed by atoms with E-state index in [0.717, 1.165) is 0 Å². The quantitative estimate of drug-likeness (QED) is 0.273. The first-order chi connectivity index (χ1) is 14.2. The van der Waals surface area contributed by atoms with Crippen LogP contribution in [0.15, 0.2) is 60.7 Å². The number of phenols is 2. The van der Waals surface area contributed by atoms with Gasteiger partial charge in [0, 0.05) is 18.1 Å². The van der Waals surface area contributed by atoms with Crippen molar-refractivity contribution in [3.63, 3.8) is 0 Å². The first-order valence-electron chi connectivity index (χ1n) is 8.55. The van der Waals surface area contributed by atoms with Crippen LogP contribution >= 0.6 is 0 Å². The lowest BCUT2D eigenvalue weighted by Crippen LogP contribution is -2.08. The van der Waals surface area contributed by atoms with Crippen LogP contribution in [0.25, 0.3) is 0 Å². The van der Waals surface area contributed by atoms with Crippen molar-refractivity contribution in [1.82, 2.24) is 0 Å². The zero-order valence-corrected chi connectivity index (χ0v) is 15.2. The monoisotopic (exact) mass is 409 g/mol. The molecule has 0 aliphatic heterocycles.